The van der Waals surface area contributed by atoms with E-state index in [-0.39, 0.29) is 37.2 Å². The van der Waals surface area contributed by atoms with Gasteiger partial charge in [0.2, 0.25) is 12.7 Å². The monoisotopic (exact) mass is 427 g/mol. The summed E-state index contributed by atoms with van der Waals surface area (Å²) in [6.45, 7) is 4.51. The van der Waals surface area contributed by atoms with E-state index >= 15 is 0 Å². The van der Waals surface area contributed by atoms with Gasteiger partial charge in [-0.2, -0.15) is 0 Å². The SMILES string of the molecule is CCOC(=O)c1[nH]c2ccc(F)cc2c1NC(=O)CN(CC)c1ccc2c(c1)OCO2. The second-order valence-corrected chi connectivity index (χ2v) is 6.89. The zero-order valence-corrected chi connectivity index (χ0v) is 17.2. The van der Waals surface area contributed by atoms with Gasteiger partial charge < -0.3 is 29.4 Å². The molecule has 2 N–H and O–H groups in total. The molecule has 4 rings (SSSR count). The molecule has 2 aromatic carbocycles. The molecule has 31 heavy (non-hydrogen) atoms. The molecular weight excluding hydrogens is 405 g/mol. The molecule has 3 aromatic rings. The number of esters is 1. The van der Waals surface area contributed by atoms with E-state index in [0.29, 0.717) is 28.9 Å². The standard InChI is InChI=1S/C22H22FN3O5/c1-3-26(14-6-8-17-18(10-14)31-12-30-17)11-19(27)25-20-15-9-13(23)5-7-16(15)24-21(20)22(28)29-4-2/h5-10,24H,3-4,11-12H2,1-2H3,(H,25,27). The summed E-state index contributed by atoms with van der Waals surface area (Å²) in [6, 6.07) is 9.49. The highest BCUT2D eigenvalue weighted by Crippen LogP contribution is 2.35. The Kier molecular flexibility index (Phi) is 5.66. The number of nitrogens with zero attached hydrogens (tertiary/aromatic N) is 1. The van der Waals surface area contributed by atoms with E-state index < -0.39 is 11.8 Å². The first-order valence-electron chi connectivity index (χ1n) is 9.93. The van der Waals surface area contributed by atoms with Crippen LogP contribution >= 0.6 is 0 Å². The van der Waals surface area contributed by atoms with Crippen molar-refractivity contribution in [1.29, 1.82) is 0 Å². The molecule has 0 aliphatic carbocycles. The number of ether oxygens (including phenoxy) is 3. The number of carbonyl (C=O) groups is 2. The van der Waals surface area contributed by atoms with Gasteiger partial charge in [-0.05, 0) is 44.2 Å². The third-order valence-corrected chi connectivity index (χ3v) is 4.94. The van der Waals surface area contributed by atoms with Crippen molar-refractivity contribution in [2.75, 3.05) is 36.7 Å². The highest BCUT2D eigenvalue weighted by Gasteiger charge is 2.22. The number of aromatic amines is 1. The van der Waals surface area contributed by atoms with E-state index in [4.69, 9.17) is 14.2 Å². The Morgan fingerprint density at radius 3 is 2.74 bits per heavy atom. The maximum Gasteiger partial charge on any atom is 0.356 e. The maximum atomic E-state index is 13.8. The van der Waals surface area contributed by atoms with Crippen LogP contribution in [0.3, 0.4) is 0 Å². The molecule has 0 bridgehead atoms. The van der Waals surface area contributed by atoms with Crippen LogP contribution < -0.4 is 19.7 Å². The second-order valence-electron chi connectivity index (χ2n) is 6.89. The third kappa shape index (κ3) is 4.11. The lowest BCUT2D eigenvalue weighted by Crippen LogP contribution is -2.33. The van der Waals surface area contributed by atoms with Crippen LogP contribution in [0.4, 0.5) is 15.8 Å². The van der Waals surface area contributed by atoms with Crippen molar-refractivity contribution in [1.82, 2.24) is 4.98 Å². The zero-order valence-electron chi connectivity index (χ0n) is 17.2. The van der Waals surface area contributed by atoms with Gasteiger partial charge in [-0.1, -0.05) is 0 Å². The van der Waals surface area contributed by atoms with Crippen molar-refractivity contribution in [3.63, 3.8) is 0 Å². The van der Waals surface area contributed by atoms with Gasteiger partial charge in [0.25, 0.3) is 0 Å². The number of anilines is 2. The van der Waals surface area contributed by atoms with Crippen LogP contribution in [0.25, 0.3) is 10.9 Å². The molecule has 1 aliphatic heterocycles. The molecule has 0 fully saturated rings. The van der Waals surface area contributed by atoms with E-state index in [1.165, 1.54) is 18.2 Å². The van der Waals surface area contributed by atoms with Gasteiger partial charge in [-0.15, -0.1) is 0 Å². The van der Waals surface area contributed by atoms with Gasteiger partial charge in [0.1, 0.15) is 11.5 Å². The van der Waals surface area contributed by atoms with Gasteiger partial charge >= 0.3 is 5.97 Å². The molecule has 2 heterocycles. The Morgan fingerprint density at radius 2 is 1.97 bits per heavy atom. The molecule has 0 saturated carbocycles. The van der Waals surface area contributed by atoms with E-state index in [2.05, 4.69) is 10.3 Å². The molecule has 1 amide bonds. The van der Waals surface area contributed by atoms with Gasteiger partial charge in [-0.25, -0.2) is 9.18 Å². The number of rotatable bonds is 7. The molecule has 0 spiro atoms. The highest BCUT2D eigenvalue weighted by atomic mass is 19.1. The summed E-state index contributed by atoms with van der Waals surface area (Å²) in [7, 11) is 0. The number of fused-ring (bicyclic) bond motifs is 2. The molecule has 9 heteroatoms. The van der Waals surface area contributed by atoms with E-state index in [9.17, 15) is 14.0 Å². The zero-order chi connectivity index (χ0) is 22.0. The van der Waals surface area contributed by atoms with Crippen molar-refractivity contribution in [3.8, 4) is 11.5 Å². The summed E-state index contributed by atoms with van der Waals surface area (Å²) >= 11 is 0. The van der Waals surface area contributed by atoms with Crippen LogP contribution in [0.1, 0.15) is 24.3 Å². The fraction of sp³-hybridized carbons (Fsp3) is 0.273. The van der Waals surface area contributed by atoms with Crippen molar-refractivity contribution in [2.45, 2.75) is 13.8 Å². The van der Waals surface area contributed by atoms with Crippen molar-refractivity contribution in [2.24, 2.45) is 0 Å². The van der Waals surface area contributed by atoms with Gasteiger partial charge in [0, 0.05) is 29.2 Å². The van der Waals surface area contributed by atoms with E-state index in [0.717, 1.165) is 5.69 Å². The predicted molar refractivity (Wildman–Crippen MR) is 113 cm³/mol. The summed E-state index contributed by atoms with van der Waals surface area (Å²) in [5.74, 6) is -0.196. The number of benzene rings is 2. The lowest BCUT2D eigenvalue weighted by atomic mass is 10.2. The second kappa shape index (κ2) is 8.55. The molecular formula is C22H22FN3O5. The summed E-state index contributed by atoms with van der Waals surface area (Å²) in [4.78, 5) is 30.0. The number of amides is 1. The number of hydrogen-bond donors (Lipinski definition) is 2. The van der Waals surface area contributed by atoms with E-state index in [1.54, 1.807) is 13.0 Å². The Morgan fingerprint density at radius 1 is 1.16 bits per heavy atom. The average molecular weight is 427 g/mol. The van der Waals surface area contributed by atoms with Crippen LogP contribution in [0.15, 0.2) is 36.4 Å². The fourth-order valence-corrected chi connectivity index (χ4v) is 3.47. The van der Waals surface area contributed by atoms with Crippen LogP contribution in [0.2, 0.25) is 0 Å². The van der Waals surface area contributed by atoms with Gasteiger partial charge in [0.05, 0.1) is 18.8 Å². The first-order valence-corrected chi connectivity index (χ1v) is 9.93. The van der Waals surface area contributed by atoms with Crippen LogP contribution in [-0.4, -0.2) is 43.3 Å². The summed E-state index contributed by atoms with van der Waals surface area (Å²) < 4.78 is 29.6. The molecule has 8 nitrogen and oxygen atoms in total. The molecule has 1 aromatic heterocycles. The normalized spacial score (nSPS) is 12.1. The minimum atomic E-state index is -0.627. The highest BCUT2D eigenvalue weighted by molar-refractivity contribution is 6.11. The first kappa shape index (κ1) is 20.5. The molecule has 0 saturated heterocycles. The predicted octanol–water partition coefficient (Wildman–Crippen LogP) is 3.68. The van der Waals surface area contributed by atoms with Crippen LogP contribution in [0, 0.1) is 5.82 Å². The number of halogens is 1. The molecule has 162 valence electrons. The van der Waals surface area contributed by atoms with Gasteiger partial charge in [-0.3, -0.25) is 4.79 Å². The lowest BCUT2D eigenvalue weighted by molar-refractivity contribution is -0.115. The number of aromatic nitrogens is 1. The molecule has 0 radical (unpaired) electrons. The number of carbonyl (C=O) groups excluding carboxylic acids is 2. The van der Waals surface area contributed by atoms with Crippen molar-refractivity contribution < 1.29 is 28.2 Å². The van der Waals surface area contributed by atoms with Crippen LogP contribution in [-0.2, 0) is 9.53 Å². The van der Waals surface area contributed by atoms with Crippen LogP contribution in [0.5, 0.6) is 11.5 Å². The molecule has 0 unspecified atom stereocenters. The number of hydrogen-bond acceptors (Lipinski definition) is 6. The minimum absolute atomic E-state index is 0.0143. The minimum Gasteiger partial charge on any atom is -0.461 e. The maximum absolute atomic E-state index is 13.8. The Labute approximate surface area is 177 Å². The number of nitrogens with one attached hydrogen (secondary N) is 2. The Hall–Kier alpha value is -3.75. The quantitative estimate of drug-likeness (QED) is 0.559. The summed E-state index contributed by atoms with van der Waals surface area (Å²) in [6.07, 6.45) is 0. The first-order chi connectivity index (χ1) is 15.0. The summed E-state index contributed by atoms with van der Waals surface area (Å²) in [5.41, 5.74) is 1.57. The smallest absolute Gasteiger partial charge is 0.356 e. The third-order valence-electron chi connectivity index (χ3n) is 4.94. The number of H-pyrrole nitrogens is 1. The van der Waals surface area contributed by atoms with Crippen molar-refractivity contribution >= 4 is 34.2 Å². The summed E-state index contributed by atoms with van der Waals surface area (Å²) in [5, 5.41) is 3.14. The fourth-order valence-electron chi connectivity index (χ4n) is 3.47. The Balaban J connectivity index is 1.59. The van der Waals surface area contributed by atoms with Crippen molar-refractivity contribution in [3.05, 3.63) is 47.9 Å². The topological polar surface area (TPSA) is 92.9 Å². The molecule has 0 atom stereocenters. The lowest BCUT2D eigenvalue weighted by Gasteiger charge is -2.22. The average Bonchev–Trinajstić information content (AvgIpc) is 3.36. The number of likely N-dealkylation sites (N-methyl/N-ethyl adjacent to an activating group) is 1. The van der Waals surface area contributed by atoms with Gasteiger partial charge in [0.15, 0.2) is 11.5 Å². The molecule has 1 aliphatic rings. The Bertz CT molecular complexity index is 1140. The van der Waals surface area contributed by atoms with E-state index in [1.807, 2.05) is 24.0 Å². The largest absolute Gasteiger partial charge is 0.461 e.